The first kappa shape index (κ1) is 20.8. The van der Waals surface area contributed by atoms with Crippen molar-refractivity contribution in [2.75, 3.05) is 6.61 Å². The minimum Gasteiger partial charge on any atom is -0.421 e. The molecule has 7 nitrogen and oxygen atoms in total. The van der Waals surface area contributed by atoms with Crippen LogP contribution in [0.2, 0.25) is 0 Å². The lowest BCUT2D eigenvalue weighted by Crippen LogP contribution is -2.44. The topological polar surface area (TPSA) is 109 Å². The molecule has 4 aromatic rings. The Morgan fingerprint density at radius 3 is 2.19 bits per heavy atom. The standard InChI is InChI=1S/C25H24N2O5/c1-14-26-27-25(31-14)20-9-8-18-10-17(6-7-19(18)11-20)15-2-4-16(5-3-15)24-23(30)22(29)12-21(13-28)32-24/h2-11,21-24,28-30H,12-13H2,1H3/t21?,22?,23?,24-/m1/s1. The number of rotatable bonds is 4. The van der Waals surface area contributed by atoms with Gasteiger partial charge in [-0.1, -0.05) is 42.5 Å². The number of hydrogen-bond acceptors (Lipinski definition) is 7. The summed E-state index contributed by atoms with van der Waals surface area (Å²) in [5.41, 5.74) is 3.73. The molecule has 0 bridgehead atoms. The molecule has 0 saturated carbocycles. The van der Waals surface area contributed by atoms with Gasteiger partial charge in [-0.2, -0.15) is 0 Å². The van der Waals surface area contributed by atoms with Gasteiger partial charge in [-0.3, -0.25) is 0 Å². The fourth-order valence-corrected chi connectivity index (χ4v) is 4.18. The minimum absolute atomic E-state index is 0.191. The molecule has 1 saturated heterocycles. The summed E-state index contributed by atoms with van der Waals surface area (Å²) in [6.45, 7) is 1.58. The third-order valence-corrected chi connectivity index (χ3v) is 5.94. The van der Waals surface area contributed by atoms with E-state index < -0.39 is 24.4 Å². The summed E-state index contributed by atoms with van der Waals surface area (Å²) in [4.78, 5) is 0. The van der Waals surface area contributed by atoms with Crippen LogP contribution in [-0.2, 0) is 4.74 Å². The zero-order valence-electron chi connectivity index (χ0n) is 17.5. The molecule has 4 atom stereocenters. The molecule has 1 aliphatic heterocycles. The van der Waals surface area contributed by atoms with E-state index in [1.807, 2.05) is 42.5 Å². The molecule has 164 valence electrons. The van der Waals surface area contributed by atoms with Crippen molar-refractivity contribution in [2.45, 2.75) is 37.8 Å². The number of aryl methyl sites for hydroxylation is 1. The minimum atomic E-state index is -1.03. The second kappa shape index (κ2) is 8.44. The summed E-state index contributed by atoms with van der Waals surface area (Å²) < 4.78 is 11.3. The van der Waals surface area contributed by atoms with Gasteiger partial charge in [0, 0.05) is 18.9 Å². The average Bonchev–Trinajstić information content (AvgIpc) is 3.26. The monoisotopic (exact) mass is 432 g/mol. The lowest BCUT2D eigenvalue weighted by Gasteiger charge is -2.36. The highest BCUT2D eigenvalue weighted by Gasteiger charge is 2.37. The van der Waals surface area contributed by atoms with Crippen LogP contribution in [0.4, 0.5) is 0 Å². The molecule has 5 rings (SSSR count). The average molecular weight is 432 g/mol. The molecule has 0 radical (unpaired) electrons. The van der Waals surface area contributed by atoms with Crippen molar-refractivity contribution < 1.29 is 24.5 Å². The summed E-state index contributed by atoms with van der Waals surface area (Å²) in [5, 5.41) is 39.9. The smallest absolute Gasteiger partial charge is 0.247 e. The first-order valence-corrected chi connectivity index (χ1v) is 10.6. The molecular weight excluding hydrogens is 408 g/mol. The Balaban J connectivity index is 1.40. The maximum absolute atomic E-state index is 10.3. The van der Waals surface area contributed by atoms with Crippen LogP contribution in [0.25, 0.3) is 33.4 Å². The SMILES string of the molecule is Cc1nnc(-c2ccc3cc(-c4ccc([C@H]5OC(CO)CC(O)C5O)cc4)ccc3c2)o1. The Morgan fingerprint density at radius 1 is 0.875 bits per heavy atom. The molecule has 1 fully saturated rings. The zero-order valence-corrected chi connectivity index (χ0v) is 17.5. The molecule has 7 heteroatoms. The number of aromatic nitrogens is 2. The van der Waals surface area contributed by atoms with E-state index in [1.54, 1.807) is 6.92 Å². The van der Waals surface area contributed by atoms with Crippen LogP contribution < -0.4 is 0 Å². The van der Waals surface area contributed by atoms with Crippen LogP contribution in [0.1, 0.15) is 24.0 Å². The molecule has 32 heavy (non-hydrogen) atoms. The fourth-order valence-electron chi connectivity index (χ4n) is 4.18. The van der Waals surface area contributed by atoms with Crippen LogP contribution in [0, 0.1) is 6.92 Å². The second-order valence-corrected chi connectivity index (χ2v) is 8.18. The van der Waals surface area contributed by atoms with Crippen molar-refractivity contribution in [1.29, 1.82) is 0 Å². The van der Waals surface area contributed by atoms with Gasteiger partial charge in [0.2, 0.25) is 11.8 Å². The molecule has 3 unspecified atom stereocenters. The molecule has 1 aliphatic rings. The number of ether oxygens (including phenoxy) is 1. The lowest BCUT2D eigenvalue weighted by atomic mass is 9.92. The molecule has 2 heterocycles. The van der Waals surface area contributed by atoms with E-state index in [4.69, 9.17) is 9.15 Å². The third kappa shape index (κ3) is 3.91. The van der Waals surface area contributed by atoms with Crippen LogP contribution >= 0.6 is 0 Å². The predicted molar refractivity (Wildman–Crippen MR) is 119 cm³/mol. The van der Waals surface area contributed by atoms with Crippen LogP contribution in [0.3, 0.4) is 0 Å². The van der Waals surface area contributed by atoms with E-state index in [-0.39, 0.29) is 13.0 Å². The van der Waals surface area contributed by atoms with Gasteiger partial charge in [0.25, 0.3) is 0 Å². The van der Waals surface area contributed by atoms with E-state index in [0.717, 1.165) is 33.0 Å². The highest BCUT2D eigenvalue weighted by atomic mass is 16.5. The lowest BCUT2D eigenvalue weighted by molar-refractivity contribution is -0.179. The van der Waals surface area contributed by atoms with Gasteiger partial charge < -0.3 is 24.5 Å². The Morgan fingerprint density at radius 2 is 1.53 bits per heavy atom. The summed E-state index contributed by atoms with van der Waals surface area (Å²) in [6.07, 6.45) is -2.89. The van der Waals surface area contributed by atoms with Crippen LogP contribution in [0.5, 0.6) is 0 Å². The summed E-state index contributed by atoms with van der Waals surface area (Å²) in [5.74, 6) is 1.04. The number of benzene rings is 3. The van der Waals surface area contributed by atoms with Crippen molar-refractivity contribution in [2.24, 2.45) is 0 Å². The second-order valence-electron chi connectivity index (χ2n) is 8.18. The van der Waals surface area contributed by atoms with Gasteiger partial charge in [-0.05, 0) is 45.7 Å². The van der Waals surface area contributed by atoms with Gasteiger partial charge in [0.15, 0.2) is 0 Å². The molecular formula is C25H24N2O5. The van der Waals surface area contributed by atoms with E-state index >= 15 is 0 Å². The normalized spacial score (nSPS) is 23.5. The van der Waals surface area contributed by atoms with Crippen LogP contribution in [-0.4, -0.2) is 50.4 Å². The van der Waals surface area contributed by atoms with Crippen molar-refractivity contribution in [3.05, 3.63) is 72.1 Å². The van der Waals surface area contributed by atoms with Gasteiger partial charge in [0.05, 0.1) is 18.8 Å². The highest BCUT2D eigenvalue weighted by molar-refractivity contribution is 5.90. The van der Waals surface area contributed by atoms with Crippen molar-refractivity contribution in [3.8, 4) is 22.6 Å². The van der Waals surface area contributed by atoms with Gasteiger partial charge in [0.1, 0.15) is 12.2 Å². The first-order chi connectivity index (χ1) is 15.5. The molecule has 0 aliphatic carbocycles. The van der Waals surface area contributed by atoms with E-state index in [2.05, 4.69) is 28.4 Å². The molecule has 3 N–H and O–H groups in total. The predicted octanol–water partition coefficient (Wildman–Crippen LogP) is 3.41. The van der Waals surface area contributed by atoms with Crippen molar-refractivity contribution in [3.63, 3.8) is 0 Å². The molecule has 0 spiro atoms. The summed E-state index contributed by atoms with van der Waals surface area (Å²) >= 11 is 0. The first-order valence-electron chi connectivity index (χ1n) is 10.6. The highest BCUT2D eigenvalue weighted by Crippen LogP contribution is 2.34. The fraction of sp³-hybridized carbons (Fsp3) is 0.280. The van der Waals surface area contributed by atoms with Crippen molar-refractivity contribution in [1.82, 2.24) is 10.2 Å². The summed E-state index contributed by atoms with van der Waals surface area (Å²) in [7, 11) is 0. The Kier molecular flexibility index (Phi) is 5.48. The van der Waals surface area contributed by atoms with Gasteiger partial charge >= 0.3 is 0 Å². The Bertz CT molecular complexity index is 1240. The summed E-state index contributed by atoms with van der Waals surface area (Å²) in [6, 6.07) is 20.0. The number of hydrogen-bond donors (Lipinski definition) is 3. The quantitative estimate of drug-likeness (QED) is 0.453. The number of aliphatic hydroxyl groups excluding tert-OH is 3. The number of fused-ring (bicyclic) bond motifs is 1. The van der Waals surface area contributed by atoms with E-state index in [1.165, 1.54) is 0 Å². The Labute approximate surface area is 184 Å². The molecule has 3 aromatic carbocycles. The van der Waals surface area contributed by atoms with Gasteiger partial charge in [-0.15, -0.1) is 10.2 Å². The largest absolute Gasteiger partial charge is 0.421 e. The third-order valence-electron chi connectivity index (χ3n) is 5.94. The maximum atomic E-state index is 10.3. The van der Waals surface area contributed by atoms with E-state index in [0.29, 0.717) is 11.8 Å². The van der Waals surface area contributed by atoms with Gasteiger partial charge in [-0.25, -0.2) is 0 Å². The Hall–Kier alpha value is -3.10. The maximum Gasteiger partial charge on any atom is 0.247 e. The number of nitrogens with zero attached hydrogens (tertiary/aromatic N) is 2. The van der Waals surface area contributed by atoms with Crippen molar-refractivity contribution >= 4 is 10.8 Å². The molecule has 1 aromatic heterocycles. The number of aliphatic hydroxyl groups is 3. The zero-order chi connectivity index (χ0) is 22.2. The van der Waals surface area contributed by atoms with E-state index in [9.17, 15) is 15.3 Å². The van der Waals surface area contributed by atoms with Crippen LogP contribution in [0.15, 0.2) is 65.1 Å². The molecule has 0 amide bonds.